The Bertz CT molecular complexity index is 575. The number of non-ortho nitro benzene ring substituents is 1. The lowest BCUT2D eigenvalue weighted by molar-refractivity contribution is -0.384. The van der Waals surface area contributed by atoms with Crippen LogP contribution in [0.3, 0.4) is 0 Å². The van der Waals surface area contributed by atoms with Crippen molar-refractivity contribution in [3.63, 3.8) is 0 Å². The van der Waals surface area contributed by atoms with E-state index in [4.69, 9.17) is 4.84 Å². The first kappa shape index (κ1) is 17.4. The number of halogens is 3. The Morgan fingerprint density at radius 2 is 2.23 bits per heavy atom. The van der Waals surface area contributed by atoms with E-state index < -0.39 is 29.7 Å². The van der Waals surface area contributed by atoms with Crippen LogP contribution in [0.2, 0.25) is 0 Å². The summed E-state index contributed by atoms with van der Waals surface area (Å²) in [5.41, 5.74) is 0.192. The van der Waals surface area contributed by atoms with Crippen molar-refractivity contribution in [3.8, 4) is 0 Å². The van der Waals surface area contributed by atoms with Crippen molar-refractivity contribution < 1.29 is 27.7 Å². The topological polar surface area (TPSA) is 93.8 Å². The highest BCUT2D eigenvalue weighted by Gasteiger charge is 2.29. The van der Waals surface area contributed by atoms with Crippen molar-refractivity contribution in [1.82, 2.24) is 5.32 Å². The van der Waals surface area contributed by atoms with E-state index in [9.17, 15) is 28.1 Å². The lowest BCUT2D eigenvalue weighted by Crippen LogP contribution is -2.39. The number of hydrogen-bond donors (Lipinski definition) is 1. The minimum atomic E-state index is -4.51. The van der Waals surface area contributed by atoms with E-state index in [-0.39, 0.29) is 5.69 Å². The highest BCUT2D eigenvalue weighted by molar-refractivity contribution is 5.81. The zero-order chi connectivity index (χ0) is 16.8. The fourth-order valence-corrected chi connectivity index (χ4v) is 1.28. The minimum Gasteiger partial charge on any atom is -0.383 e. The number of oxime groups is 1. The van der Waals surface area contributed by atoms with Crippen LogP contribution in [-0.4, -0.2) is 35.9 Å². The van der Waals surface area contributed by atoms with Gasteiger partial charge < -0.3 is 10.2 Å². The van der Waals surface area contributed by atoms with Crippen LogP contribution in [0.1, 0.15) is 12.5 Å². The van der Waals surface area contributed by atoms with Crippen LogP contribution in [0.5, 0.6) is 0 Å². The van der Waals surface area contributed by atoms with Gasteiger partial charge in [-0.15, -0.1) is 0 Å². The molecule has 1 rings (SSSR count). The summed E-state index contributed by atoms with van der Waals surface area (Å²) in [6.07, 6.45) is -4.64. The predicted octanol–water partition coefficient (Wildman–Crippen LogP) is 2.01. The van der Waals surface area contributed by atoms with Gasteiger partial charge in [-0.2, -0.15) is 13.2 Å². The van der Waals surface area contributed by atoms with E-state index in [1.807, 2.05) is 0 Å². The fraction of sp³-hybridized carbons (Fsp3) is 0.333. The van der Waals surface area contributed by atoms with E-state index >= 15 is 0 Å². The molecule has 0 radical (unpaired) electrons. The molecule has 0 aliphatic carbocycles. The van der Waals surface area contributed by atoms with E-state index in [2.05, 4.69) is 5.16 Å². The molecule has 22 heavy (non-hydrogen) atoms. The van der Waals surface area contributed by atoms with E-state index in [1.165, 1.54) is 31.2 Å². The lowest BCUT2D eigenvalue weighted by Gasteiger charge is -2.11. The number of nitrogens with one attached hydrogen (secondary N) is 1. The Labute approximate surface area is 122 Å². The van der Waals surface area contributed by atoms with Crippen molar-refractivity contribution in [2.24, 2.45) is 5.16 Å². The molecule has 0 bridgehead atoms. The van der Waals surface area contributed by atoms with Crippen LogP contribution in [0.25, 0.3) is 0 Å². The molecule has 1 N–H and O–H groups in total. The molecule has 0 aliphatic heterocycles. The molecule has 0 heterocycles. The molecular weight excluding hydrogens is 307 g/mol. The number of hydrogen-bond acceptors (Lipinski definition) is 5. The third-order valence-corrected chi connectivity index (χ3v) is 2.33. The van der Waals surface area contributed by atoms with Gasteiger partial charge in [-0.3, -0.25) is 14.9 Å². The molecule has 0 aromatic heterocycles. The number of nitro benzene ring substituents is 1. The van der Waals surface area contributed by atoms with E-state index in [0.29, 0.717) is 5.56 Å². The van der Waals surface area contributed by atoms with Crippen molar-refractivity contribution >= 4 is 17.8 Å². The zero-order valence-corrected chi connectivity index (χ0v) is 11.3. The van der Waals surface area contributed by atoms with Crippen molar-refractivity contribution in [2.75, 3.05) is 6.54 Å². The normalized spacial score (nSPS) is 12.9. The smallest absolute Gasteiger partial charge is 0.383 e. The van der Waals surface area contributed by atoms with Crippen LogP contribution < -0.4 is 5.32 Å². The summed E-state index contributed by atoms with van der Waals surface area (Å²) in [6, 6.07) is 5.44. The molecule has 0 fully saturated rings. The Morgan fingerprint density at radius 3 is 2.82 bits per heavy atom. The van der Waals surface area contributed by atoms with E-state index in [0.717, 1.165) is 6.21 Å². The maximum atomic E-state index is 11.9. The van der Waals surface area contributed by atoms with Crippen LogP contribution >= 0.6 is 0 Å². The van der Waals surface area contributed by atoms with Gasteiger partial charge in [0, 0.05) is 17.7 Å². The van der Waals surface area contributed by atoms with Crippen LogP contribution in [0, 0.1) is 10.1 Å². The van der Waals surface area contributed by atoms with Gasteiger partial charge >= 0.3 is 6.18 Å². The Balaban J connectivity index is 2.52. The monoisotopic (exact) mass is 319 g/mol. The van der Waals surface area contributed by atoms with Crippen molar-refractivity contribution in [2.45, 2.75) is 19.2 Å². The third kappa shape index (κ3) is 6.20. The molecule has 0 saturated heterocycles. The number of carbonyl (C=O) groups is 1. The number of rotatable bonds is 6. The fourth-order valence-electron chi connectivity index (χ4n) is 1.28. The van der Waals surface area contributed by atoms with Crippen molar-refractivity contribution in [1.29, 1.82) is 0 Å². The summed E-state index contributed by atoms with van der Waals surface area (Å²) in [7, 11) is 0. The summed E-state index contributed by atoms with van der Waals surface area (Å²) >= 11 is 0. The number of nitro groups is 1. The second-order valence-corrected chi connectivity index (χ2v) is 4.17. The van der Waals surface area contributed by atoms with Crippen molar-refractivity contribution in [3.05, 3.63) is 39.9 Å². The number of alkyl halides is 3. The summed E-state index contributed by atoms with van der Waals surface area (Å²) < 4.78 is 35.7. The first-order chi connectivity index (χ1) is 10.2. The van der Waals surface area contributed by atoms with Crippen LogP contribution in [-0.2, 0) is 9.63 Å². The number of benzene rings is 1. The number of amides is 1. The highest BCUT2D eigenvalue weighted by atomic mass is 19.4. The van der Waals surface area contributed by atoms with Gasteiger partial charge in [0.15, 0.2) is 0 Å². The largest absolute Gasteiger partial charge is 0.405 e. The quantitative estimate of drug-likeness (QED) is 0.493. The summed E-state index contributed by atoms with van der Waals surface area (Å²) in [6.45, 7) is -0.245. The first-order valence-corrected chi connectivity index (χ1v) is 5.97. The number of nitrogens with zero attached hydrogens (tertiary/aromatic N) is 2. The molecule has 120 valence electrons. The molecule has 0 aliphatic rings. The third-order valence-electron chi connectivity index (χ3n) is 2.33. The molecule has 0 spiro atoms. The highest BCUT2D eigenvalue weighted by Crippen LogP contribution is 2.13. The first-order valence-electron chi connectivity index (χ1n) is 5.97. The van der Waals surface area contributed by atoms with Gasteiger partial charge in [0.1, 0.15) is 6.54 Å². The Morgan fingerprint density at radius 1 is 1.55 bits per heavy atom. The lowest BCUT2D eigenvalue weighted by atomic mass is 10.2. The molecule has 10 heteroatoms. The molecule has 1 unspecified atom stereocenters. The Hall–Kier alpha value is -2.65. The maximum Gasteiger partial charge on any atom is 0.405 e. The van der Waals surface area contributed by atoms with Gasteiger partial charge in [-0.05, 0) is 6.92 Å². The Kier molecular flexibility index (Phi) is 5.84. The average Bonchev–Trinajstić information content (AvgIpc) is 2.44. The van der Waals surface area contributed by atoms with Gasteiger partial charge in [-0.1, -0.05) is 17.3 Å². The molecule has 0 saturated carbocycles. The predicted molar refractivity (Wildman–Crippen MR) is 70.3 cm³/mol. The van der Waals surface area contributed by atoms with Gasteiger partial charge in [0.25, 0.3) is 11.6 Å². The second-order valence-electron chi connectivity index (χ2n) is 4.17. The van der Waals surface area contributed by atoms with Gasteiger partial charge in [0.2, 0.25) is 6.10 Å². The van der Waals surface area contributed by atoms with Gasteiger partial charge in [-0.25, -0.2) is 0 Å². The molecule has 1 atom stereocenters. The SMILES string of the molecule is CC(ON=Cc1cccc([N+](=O)[O-])c1)C(=O)NCC(F)(F)F. The summed E-state index contributed by atoms with van der Waals surface area (Å²) in [4.78, 5) is 25.9. The molecule has 1 amide bonds. The molecular formula is C12H12F3N3O4. The minimum absolute atomic E-state index is 0.153. The molecule has 7 nitrogen and oxygen atoms in total. The number of carbonyl (C=O) groups excluding carboxylic acids is 1. The summed E-state index contributed by atoms with van der Waals surface area (Å²) in [5.74, 6) is -0.978. The van der Waals surface area contributed by atoms with Gasteiger partial charge in [0.05, 0.1) is 11.1 Å². The van der Waals surface area contributed by atoms with Crippen LogP contribution in [0.4, 0.5) is 18.9 Å². The standard InChI is InChI=1S/C12H12F3N3O4/c1-8(11(19)16-7-12(13,14)15)22-17-6-9-3-2-4-10(5-9)18(20)21/h2-6,8H,7H2,1H3,(H,16,19). The average molecular weight is 319 g/mol. The molecule has 1 aromatic rings. The maximum absolute atomic E-state index is 11.9. The second kappa shape index (κ2) is 7.38. The summed E-state index contributed by atoms with van der Waals surface area (Å²) in [5, 5.41) is 15.6. The van der Waals surface area contributed by atoms with E-state index in [1.54, 1.807) is 5.32 Å². The zero-order valence-electron chi connectivity index (χ0n) is 11.3. The van der Waals surface area contributed by atoms with Crippen LogP contribution in [0.15, 0.2) is 29.4 Å². The molecule has 1 aromatic carbocycles.